The second kappa shape index (κ2) is 7.44. The number of amides is 1. The number of hydrogen-bond acceptors (Lipinski definition) is 4. The molecule has 1 aromatic carbocycles. The van der Waals surface area contributed by atoms with Crippen molar-refractivity contribution in [1.82, 2.24) is 10.2 Å². The van der Waals surface area contributed by atoms with Gasteiger partial charge in [0.2, 0.25) is 5.91 Å². The van der Waals surface area contributed by atoms with Crippen LogP contribution in [0.3, 0.4) is 0 Å². The molecule has 25 heavy (non-hydrogen) atoms. The molecule has 1 spiro atoms. The number of rotatable bonds is 4. The molecule has 3 fully saturated rings. The summed E-state index contributed by atoms with van der Waals surface area (Å²) < 4.78 is 12.4. The minimum atomic E-state index is -0.294. The summed E-state index contributed by atoms with van der Waals surface area (Å²) in [7, 11) is 0. The van der Waals surface area contributed by atoms with E-state index in [0.29, 0.717) is 25.6 Å². The molecule has 0 aromatic heterocycles. The van der Waals surface area contributed by atoms with Crippen LogP contribution in [0.1, 0.15) is 31.2 Å². The average Bonchev–Trinajstić information content (AvgIpc) is 3.29. The molecule has 0 saturated carbocycles. The molecule has 1 aromatic rings. The number of ether oxygens (including phenoxy) is 2. The van der Waals surface area contributed by atoms with Gasteiger partial charge in [0, 0.05) is 19.1 Å². The van der Waals surface area contributed by atoms with E-state index in [0.717, 1.165) is 45.4 Å². The van der Waals surface area contributed by atoms with Crippen LogP contribution in [0, 0.1) is 5.92 Å². The van der Waals surface area contributed by atoms with E-state index < -0.39 is 0 Å². The minimum Gasteiger partial charge on any atom is -0.370 e. The van der Waals surface area contributed by atoms with Crippen LogP contribution in [-0.4, -0.2) is 55.3 Å². The van der Waals surface area contributed by atoms with Gasteiger partial charge in [0.05, 0.1) is 13.2 Å². The summed E-state index contributed by atoms with van der Waals surface area (Å²) in [5.41, 5.74) is 0.871. The molecule has 136 valence electrons. The first-order valence-electron chi connectivity index (χ1n) is 9.56. The van der Waals surface area contributed by atoms with Gasteiger partial charge in [-0.2, -0.15) is 0 Å². The fraction of sp³-hybridized carbons (Fsp3) is 0.650. The van der Waals surface area contributed by atoms with Crippen molar-refractivity contribution in [3.63, 3.8) is 0 Å². The Kier molecular flexibility index (Phi) is 5.06. The lowest BCUT2D eigenvalue weighted by atomic mass is 9.95. The molecule has 3 aliphatic rings. The SMILES string of the molecule is O=C(C1CCNCC1)N1C[C@H](OCc2ccccc2)[C@]2(CCCO2)C1. The van der Waals surface area contributed by atoms with E-state index in [1.165, 1.54) is 5.56 Å². The van der Waals surface area contributed by atoms with Crippen molar-refractivity contribution in [3.8, 4) is 0 Å². The summed E-state index contributed by atoms with van der Waals surface area (Å²) in [4.78, 5) is 15.0. The second-order valence-corrected chi connectivity index (χ2v) is 7.55. The van der Waals surface area contributed by atoms with Gasteiger partial charge in [-0.05, 0) is 44.3 Å². The van der Waals surface area contributed by atoms with E-state index in [1.54, 1.807) is 0 Å². The Hall–Kier alpha value is -1.43. The van der Waals surface area contributed by atoms with Gasteiger partial charge in [-0.15, -0.1) is 0 Å². The number of nitrogens with zero attached hydrogens (tertiary/aromatic N) is 1. The Morgan fingerprint density at radius 2 is 2.08 bits per heavy atom. The first-order valence-corrected chi connectivity index (χ1v) is 9.56. The predicted molar refractivity (Wildman–Crippen MR) is 95.1 cm³/mol. The van der Waals surface area contributed by atoms with Crippen LogP contribution in [0.5, 0.6) is 0 Å². The maximum absolute atomic E-state index is 12.9. The lowest BCUT2D eigenvalue weighted by molar-refractivity contribution is -0.136. The van der Waals surface area contributed by atoms with Gasteiger partial charge in [-0.3, -0.25) is 4.79 Å². The first-order chi connectivity index (χ1) is 12.3. The number of benzene rings is 1. The lowest BCUT2D eigenvalue weighted by Crippen LogP contribution is -2.43. The molecule has 2 atom stereocenters. The average molecular weight is 344 g/mol. The molecule has 0 unspecified atom stereocenters. The van der Waals surface area contributed by atoms with Crippen LogP contribution < -0.4 is 5.32 Å². The Balaban J connectivity index is 1.43. The highest BCUT2D eigenvalue weighted by molar-refractivity contribution is 5.79. The van der Waals surface area contributed by atoms with E-state index in [2.05, 4.69) is 17.4 Å². The molecule has 5 heteroatoms. The molecule has 3 heterocycles. The summed E-state index contributed by atoms with van der Waals surface area (Å²) in [6, 6.07) is 10.2. The van der Waals surface area contributed by atoms with E-state index in [1.807, 2.05) is 23.1 Å². The quantitative estimate of drug-likeness (QED) is 0.907. The fourth-order valence-electron chi connectivity index (χ4n) is 4.42. The normalized spacial score (nSPS) is 30.2. The van der Waals surface area contributed by atoms with Crippen LogP contribution >= 0.6 is 0 Å². The van der Waals surface area contributed by atoms with E-state index in [4.69, 9.17) is 9.47 Å². The van der Waals surface area contributed by atoms with E-state index in [-0.39, 0.29) is 17.6 Å². The number of likely N-dealkylation sites (tertiary alicyclic amines) is 1. The molecular formula is C20H28N2O3. The number of carbonyl (C=O) groups excluding carboxylic acids is 1. The fourth-order valence-corrected chi connectivity index (χ4v) is 4.42. The van der Waals surface area contributed by atoms with Gasteiger partial charge in [0.1, 0.15) is 11.7 Å². The zero-order valence-electron chi connectivity index (χ0n) is 14.8. The number of carbonyl (C=O) groups is 1. The molecule has 1 N–H and O–H groups in total. The predicted octanol–water partition coefficient (Wildman–Crippen LogP) is 1.96. The molecule has 1 amide bonds. The highest BCUT2D eigenvalue weighted by atomic mass is 16.6. The Labute approximate surface area is 149 Å². The highest BCUT2D eigenvalue weighted by Crippen LogP contribution is 2.38. The van der Waals surface area contributed by atoms with E-state index >= 15 is 0 Å². The number of piperidine rings is 1. The van der Waals surface area contributed by atoms with Crippen molar-refractivity contribution >= 4 is 5.91 Å². The molecular weight excluding hydrogens is 316 g/mol. The molecule has 4 rings (SSSR count). The van der Waals surface area contributed by atoms with Crippen molar-refractivity contribution in [3.05, 3.63) is 35.9 Å². The lowest BCUT2D eigenvalue weighted by Gasteiger charge is -2.29. The van der Waals surface area contributed by atoms with Gasteiger partial charge >= 0.3 is 0 Å². The van der Waals surface area contributed by atoms with Crippen molar-refractivity contribution < 1.29 is 14.3 Å². The third kappa shape index (κ3) is 3.59. The van der Waals surface area contributed by atoms with Gasteiger partial charge in [0.25, 0.3) is 0 Å². The van der Waals surface area contributed by atoms with Crippen LogP contribution in [0.4, 0.5) is 0 Å². The third-order valence-corrected chi connectivity index (χ3v) is 5.86. The summed E-state index contributed by atoms with van der Waals surface area (Å²) in [6.07, 6.45) is 3.90. The van der Waals surface area contributed by atoms with Gasteiger partial charge in [0.15, 0.2) is 0 Å². The van der Waals surface area contributed by atoms with Crippen LogP contribution in [-0.2, 0) is 20.9 Å². The molecule has 0 radical (unpaired) electrons. The molecule has 0 bridgehead atoms. The largest absolute Gasteiger partial charge is 0.370 e. The van der Waals surface area contributed by atoms with Crippen molar-refractivity contribution in [1.29, 1.82) is 0 Å². The summed E-state index contributed by atoms with van der Waals surface area (Å²) >= 11 is 0. The monoisotopic (exact) mass is 344 g/mol. The van der Waals surface area contributed by atoms with Crippen LogP contribution in [0.15, 0.2) is 30.3 Å². The van der Waals surface area contributed by atoms with Crippen molar-refractivity contribution in [2.45, 2.75) is 44.0 Å². The van der Waals surface area contributed by atoms with Crippen molar-refractivity contribution in [2.24, 2.45) is 5.92 Å². The number of hydrogen-bond donors (Lipinski definition) is 1. The summed E-state index contributed by atoms with van der Waals surface area (Å²) in [6.45, 7) is 4.59. The zero-order chi connectivity index (χ0) is 17.1. The number of nitrogens with one attached hydrogen (secondary N) is 1. The Morgan fingerprint density at radius 1 is 1.28 bits per heavy atom. The van der Waals surface area contributed by atoms with Crippen molar-refractivity contribution in [2.75, 3.05) is 32.8 Å². The highest BCUT2D eigenvalue weighted by Gasteiger charge is 2.52. The molecule has 3 aliphatic heterocycles. The molecule has 3 saturated heterocycles. The molecule has 5 nitrogen and oxygen atoms in total. The minimum absolute atomic E-state index is 0.0270. The maximum Gasteiger partial charge on any atom is 0.225 e. The van der Waals surface area contributed by atoms with Crippen LogP contribution in [0.25, 0.3) is 0 Å². The topological polar surface area (TPSA) is 50.8 Å². The summed E-state index contributed by atoms with van der Waals surface area (Å²) in [5, 5.41) is 3.34. The smallest absolute Gasteiger partial charge is 0.225 e. The third-order valence-electron chi connectivity index (χ3n) is 5.86. The first kappa shape index (κ1) is 17.0. The summed E-state index contributed by atoms with van der Waals surface area (Å²) in [5.74, 6) is 0.453. The standard InChI is InChI=1S/C20H28N2O3/c23-19(17-7-10-21-11-8-17)22-13-18(20(15-22)9-4-12-25-20)24-14-16-5-2-1-3-6-16/h1-3,5-6,17-18,21H,4,7-15H2/t18-,20-/m0/s1. The van der Waals surface area contributed by atoms with Gasteiger partial charge in [-0.1, -0.05) is 30.3 Å². The molecule has 0 aliphatic carbocycles. The second-order valence-electron chi connectivity index (χ2n) is 7.55. The Morgan fingerprint density at radius 3 is 2.80 bits per heavy atom. The van der Waals surface area contributed by atoms with Crippen LogP contribution in [0.2, 0.25) is 0 Å². The Bertz CT molecular complexity index is 580. The van der Waals surface area contributed by atoms with Gasteiger partial charge in [-0.25, -0.2) is 0 Å². The van der Waals surface area contributed by atoms with E-state index in [9.17, 15) is 4.79 Å². The maximum atomic E-state index is 12.9. The van der Waals surface area contributed by atoms with Gasteiger partial charge < -0.3 is 19.7 Å². The zero-order valence-corrected chi connectivity index (χ0v) is 14.8.